The number of aryl methyl sites for hydroxylation is 1. The summed E-state index contributed by atoms with van der Waals surface area (Å²) in [6, 6.07) is 0.561. The van der Waals surface area contributed by atoms with E-state index in [1.54, 1.807) is 0 Å². The highest BCUT2D eigenvalue weighted by Crippen LogP contribution is 2.11. The molecule has 1 saturated heterocycles. The third-order valence-corrected chi connectivity index (χ3v) is 2.45. The minimum absolute atomic E-state index is 0.561. The molecule has 1 aliphatic rings. The lowest BCUT2D eigenvalue weighted by molar-refractivity contribution is 0.476. The molecule has 2 heterocycles. The Labute approximate surface area is 78.6 Å². The summed E-state index contributed by atoms with van der Waals surface area (Å²) >= 11 is 0. The van der Waals surface area contributed by atoms with Gasteiger partial charge in [-0.2, -0.15) is 0 Å². The smallest absolute Gasteiger partial charge is 0.205 e. The molecule has 2 rings (SSSR count). The van der Waals surface area contributed by atoms with Crippen LogP contribution < -0.4 is 10.2 Å². The second-order valence-electron chi connectivity index (χ2n) is 3.64. The van der Waals surface area contributed by atoms with Gasteiger partial charge < -0.3 is 14.8 Å². The van der Waals surface area contributed by atoms with Gasteiger partial charge in [0.1, 0.15) is 0 Å². The molecule has 0 unspecified atom stereocenters. The molecule has 0 bridgehead atoms. The van der Waals surface area contributed by atoms with Crippen molar-refractivity contribution in [3.63, 3.8) is 0 Å². The summed E-state index contributed by atoms with van der Waals surface area (Å²) in [4.78, 5) is 6.66. The van der Waals surface area contributed by atoms with E-state index < -0.39 is 0 Å². The molecular weight excluding hydrogens is 164 g/mol. The van der Waals surface area contributed by atoms with E-state index in [-0.39, 0.29) is 0 Å². The van der Waals surface area contributed by atoms with Crippen molar-refractivity contribution in [2.75, 3.05) is 24.5 Å². The van der Waals surface area contributed by atoms with Gasteiger partial charge in [-0.1, -0.05) is 0 Å². The van der Waals surface area contributed by atoms with E-state index in [0.29, 0.717) is 6.04 Å². The molecule has 0 radical (unpaired) electrons. The Morgan fingerprint density at radius 2 is 2.46 bits per heavy atom. The van der Waals surface area contributed by atoms with Gasteiger partial charge in [0.15, 0.2) is 0 Å². The fraction of sp³-hybridized carbons (Fsp3) is 0.667. The summed E-state index contributed by atoms with van der Waals surface area (Å²) in [5, 5.41) is 3.41. The van der Waals surface area contributed by atoms with E-state index >= 15 is 0 Å². The van der Waals surface area contributed by atoms with Crippen molar-refractivity contribution in [1.29, 1.82) is 0 Å². The van der Waals surface area contributed by atoms with E-state index in [1.165, 1.54) is 0 Å². The topological polar surface area (TPSA) is 33.1 Å². The second-order valence-corrected chi connectivity index (χ2v) is 3.64. The average molecular weight is 180 g/mol. The lowest BCUT2D eigenvalue weighted by Gasteiger charge is -2.32. The van der Waals surface area contributed by atoms with Crippen molar-refractivity contribution in [3.05, 3.63) is 12.4 Å². The van der Waals surface area contributed by atoms with Crippen LogP contribution in [0.4, 0.5) is 5.95 Å². The van der Waals surface area contributed by atoms with Crippen LogP contribution in [0.2, 0.25) is 0 Å². The summed E-state index contributed by atoms with van der Waals surface area (Å²) in [6.07, 6.45) is 3.84. The number of nitrogens with one attached hydrogen (secondary N) is 1. The molecule has 1 aliphatic heterocycles. The zero-order valence-electron chi connectivity index (χ0n) is 8.20. The van der Waals surface area contributed by atoms with Crippen LogP contribution in [0, 0.1) is 0 Å². The Balaban J connectivity index is 2.12. The largest absolute Gasteiger partial charge is 0.339 e. The van der Waals surface area contributed by atoms with Gasteiger partial charge in [0.25, 0.3) is 0 Å². The highest BCUT2D eigenvalue weighted by molar-refractivity contribution is 5.32. The van der Waals surface area contributed by atoms with Crippen LogP contribution in [-0.2, 0) is 7.05 Å². The summed E-state index contributed by atoms with van der Waals surface area (Å²) in [6.45, 7) is 5.35. The minimum atomic E-state index is 0.561. The Kier molecular flexibility index (Phi) is 2.22. The van der Waals surface area contributed by atoms with Crippen LogP contribution in [-0.4, -0.2) is 35.2 Å². The van der Waals surface area contributed by atoms with Crippen LogP contribution in [0.3, 0.4) is 0 Å². The molecule has 0 aromatic carbocycles. The zero-order chi connectivity index (χ0) is 9.26. The normalized spacial score (nSPS) is 23.5. The number of hydrogen-bond acceptors (Lipinski definition) is 3. The van der Waals surface area contributed by atoms with Gasteiger partial charge in [-0.15, -0.1) is 0 Å². The van der Waals surface area contributed by atoms with Gasteiger partial charge in [0.05, 0.1) is 0 Å². The van der Waals surface area contributed by atoms with E-state index in [0.717, 1.165) is 25.6 Å². The van der Waals surface area contributed by atoms with E-state index in [1.807, 2.05) is 19.4 Å². The maximum absolute atomic E-state index is 4.34. The zero-order valence-corrected chi connectivity index (χ0v) is 8.20. The fourth-order valence-electron chi connectivity index (χ4n) is 1.78. The molecule has 72 valence electrons. The molecule has 1 aromatic rings. The molecule has 0 aliphatic carbocycles. The molecule has 0 spiro atoms. The number of imidazole rings is 1. The van der Waals surface area contributed by atoms with Crippen LogP contribution in [0.1, 0.15) is 6.92 Å². The monoisotopic (exact) mass is 180 g/mol. The minimum Gasteiger partial charge on any atom is -0.339 e. The van der Waals surface area contributed by atoms with Crippen LogP contribution >= 0.6 is 0 Å². The summed E-state index contributed by atoms with van der Waals surface area (Å²) in [5.41, 5.74) is 0. The van der Waals surface area contributed by atoms with Gasteiger partial charge in [-0.3, -0.25) is 0 Å². The summed E-state index contributed by atoms with van der Waals surface area (Å²) < 4.78 is 2.07. The number of hydrogen-bond donors (Lipinski definition) is 1. The highest BCUT2D eigenvalue weighted by atomic mass is 15.3. The molecule has 4 nitrogen and oxygen atoms in total. The fourth-order valence-corrected chi connectivity index (χ4v) is 1.78. The molecule has 1 aromatic heterocycles. The Hall–Kier alpha value is -1.03. The van der Waals surface area contributed by atoms with Gasteiger partial charge in [0.2, 0.25) is 5.95 Å². The lowest BCUT2D eigenvalue weighted by atomic mass is 10.2. The quantitative estimate of drug-likeness (QED) is 0.671. The first-order valence-electron chi connectivity index (χ1n) is 4.73. The number of nitrogens with zero attached hydrogens (tertiary/aromatic N) is 3. The molecule has 4 heteroatoms. The van der Waals surface area contributed by atoms with E-state index in [9.17, 15) is 0 Å². The Bertz CT molecular complexity index is 281. The van der Waals surface area contributed by atoms with Crippen molar-refractivity contribution in [2.45, 2.75) is 13.0 Å². The van der Waals surface area contributed by atoms with Crippen molar-refractivity contribution < 1.29 is 0 Å². The molecular formula is C9H16N4. The maximum atomic E-state index is 4.34. The lowest BCUT2D eigenvalue weighted by Crippen LogP contribution is -2.50. The number of aromatic nitrogens is 2. The standard InChI is InChI=1S/C9H16N4/c1-8-7-13(6-4-10-8)9-11-3-5-12(9)2/h3,5,8,10H,4,6-7H2,1-2H3/t8-/m1/s1. The third-order valence-electron chi connectivity index (χ3n) is 2.45. The molecule has 1 atom stereocenters. The molecule has 0 amide bonds. The van der Waals surface area contributed by atoms with Gasteiger partial charge in [-0.05, 0) is 6.92 Å². The van der Waals surface area contributed by atoms with Gasteiger partial charge in [0, 0.05) is 45.1 Å². The van der Waals surface area contributed by atoms with Crippen LogP contribution in [0.25, 0.3) is 0 Å². The molecule has 1 fully saturated rings. The predicted molar refractivity (Wildman–Crippen MR) is 52.9 cm³/mol. The van der Waals surface area contributed by atoms with Crippen molar-refractivity contribution in [3.8, 4) is 0 Å². The van der Waals surface area contributed by atoms with Crippen molar-refractivity contribution in [1.82, 2.24) is 14.9 Å². The Morgan fingerprint density at radius 1 is 1.62 bits per heavy atom. The van der Waals surface area contributed by atoms with Crippen molar-refractivity contribution in [2.24, 2.45) is 7.05 Å². The SMILES string of the molecule is C[C@@H]1CN(c2nccn2C)CCN1. The Morgan fingerprint density at radius 3 is 3.08 bits per heavy atom. The van der Waals surface area contributed by atoms with E-state index in [4.69, 9.17) is 0 Å². The average Bonchev–Trinajstić information content (AvgIpc) is 2.51. The molecule has 0 saturated carbocycles. The van der Waals surface area contributed by atoms with Crippen molar-refractivity contribution >= 4 is 5.95 Å². The van der Waals surface area contributed by atoms with Crippen LogP contribution in [0.5, 0.6) is 0 Å². The second kappa shape index (κ2) is 3.38. The first-order chi connectivity index (χ1) is 6.27. The van der Waals surface area contributed by atoms with E-state index in [2.05, 4.69) is 26.7 Å². The number of rotatable bonds is 1. The summed E-state index contributed by atoms with van der Waals surface area (Å²) in [5.74, 6) is 1.08. The van der Waals surface area contributed by atoms with Gasteiger partial charge >= 0.3 is 0 Å². The summed E-state index contributed by atoms with van der Waals surface area (Å²) in [7, 11) is 2.04. The maximum Gasteiger partial charge on any atom is 0.205 e. The highest BCUT2D eigenvalue weighted by Gasteiger charge is 2.18. The number of piperazine rings is 1. The number of anilines is 1. The molecule has 13 heavy (non-hydrogen) atoms. The predicted octanol–water partition coefficient (Wildman–Crippen LogP) is 0.218. The van der Waals surface area contributed by atoms with Gasteiger partial charge in [-0.25, -0.2) is 4.98 Å². The first-order valence-corrected chi connectivity index (χ1v) is 4.73. The first kappa shape index (κ1) is 8.56. The third kappa shape index (κ3) is 1.67. The molecule has 1 N–H and O–H groups in total. The van der Waals surface area contributed by atoms with Crippen LogP contribution in [0.15, 0.2) is 12.4 Å².